The Morgan fingerprint density at radius 1 is 1.04 bits per heavy atom. The van der Waals surface area contributed by atoms with Gasteiger partial charge in [-0.3, -0.25) is 9.69 Å². The summed E-state index contributed by atoms with van der Waals surface area (Å²) in [5.74, 6) is 3.28. The monoisotopic (exact) mass is 682 g/mol. The lowest BCUT2D eigenvalue weighted by atomic mass is 9.52. The Balaban J connectivity index is 0.997. The van der Waals surface area contributed by atoms with Crippen molar-refractivity contribution >= 4 is 11.9 Å². The van der Waals surface area contributed by atoms with Crippen LogP contribution in [0, 0.1) is 29.1 Å². The average molecular weight is 683 g/mol. The molecule has 2 aromatic carbocycles. The number of benzene rings is 2. The van der Waals surface area contributed by atoms with E-state index in [0.29, 0.717) is 23.7 Å². The predicted octanol–water partition coefficient (Wildman–Crippen LogP) is 9.87. The molecule has 6 heteroatoms. The molecule has 4 unspecified atom stereocenters. The van der Waals surface area contributed by atoms with Gasteiger partial charge in [0.15, 0.2) is 0 Å². The van der Waals surface area contributed by atoms with E-state index < -0.39 is 0 Å². The number of likely N-dealkylation sites (N-methyl/N-ethyl adjacent to an activating group) is 1. The molecular formula is C44H62N2O4. The van der Waals surface area contributed by atoms with E-state index in [4.69, 9.17) is 4.74 Å². The summed E-state index contributed by atoms with van der Waals surface area (Å²) < 4.78 is 5.62. The van der Waals surface area contributed by atoms with Gasteiger partial charge in [-0.1, -0.05) is 88.1 Å². The van der Waals surface area contributed by atoms with E-state index >= 15 is 0 Å². The number of amides is 3. The van der Waals surface area contributed by atoms with Gasteiger partial charge >= 0.3 is 6.03 Å². The Morgan fingerprint density at radius 2 is 1.82 bits per heavy atom. The number of hydrogen-bond acceptors (Lipinski definition) is 4. The third kappa shape index (κ3) is 7.16. The van der Waals surface area contributed by atoms with E-state index in [2.05, 4.69) is 44.2 Å². The first-order valence-corrected chi connectivity index (χ1v) is 19.8. The molecule has 1 aliphatic heterocycles. The number of aliphatic hydroxyl groups is 1. The van der Waals surface area contributed by atoms with E-state index in [-0.39, 0.29) is 41.5 Å². The third-order valence-electron chi connectivity index (χ3n) is 13.6. The quantitative estimate of drug-likeness (QED) is 0.159. The van der Waals surface area contributed by atoms with E-state index in [9.17, 15) is 14.7 Å². The van der Waals surface area contributed by atoms with Crippen molar-refractivity contribution < 1.29 is 19.4 Å². The number of nitrogens with zero attached hydrogens (tertiary/aromatic N) is 2. The number of ether oxygens (including phenoxy) is 1. The number of fused-ring (bicyclic) bond motifs is 5. The van der Waals surface area contributed by atoms with Crippen LogP contribution in [0.15, 0.2) is 60.7 Å². The van der Waals surface area contributed by atoms with Crippen molar-refractivity contribution in [3.05, 3.63) is 77.4 Å². The first kappa shape index (κ1) is 36.7. The number of carbonyl (C=O) groups is 2. The van der Waals surface area contributed by atoms with Gasteiger partial charge in [0.2, 0.25) is 5.91 Å². The number of urea groups is 1. The van der Waals surface area contributed by atoms with Gasteiger partial charge in [0, 0.05) is 13.0 Å². The molecule has 50 heavy (non-hydrogen) atoms. The number of hydrogen-bond donors (Lipinski definition) is 1. The van der Waals surface area contributed by atoms with Crippen molar-refractivity contribution in [2.75, 3.05) is 14.2 Å². The highest BCUT2D eigenvalue weighted by molar-refractivity contribution is 5.98. The van der Waals surface area contributed by atoms with Crippen LogP contribution in [0.5, 0.6) is 5.75 Å². The molecule has 0 spiro atoms. The van der Waals surface area contributed by atoms with E-state index in [1.165, 1.54) is 17.5 Å². The number of aliphatic hydroxyl groups excluding tert-OH is 1. The zero-order valence-electron chi connectivity index (χ0n) is 31.4. The molecule has 3 amide bonds. The van der Waals surface area contributed by atoms with Gasteiger partial charge < -0.3 is 14.7 Å². The lowest BCUT2D eigenvalue weighted by Crippen LogP contribution is -2.47. The van der Waals surface area contributed by atoms with E-state index in [1.807, 2.05) is 44.3 Å². The molecule has 1 heterocycles. The van der Waals surface area contributed by atoms with Crippen molar-refractivity contribution in [3.63, 3.8) is 0 Å². The van der Waals surface area contributed by atoms with Crippen molar-refractivity contribution in [2.24, 2.45) is 29.1 Å². The molecule has 6 nitrogen and oxygen atoms in total. The minimum atomic E-state index is -0.239. The average Bonchev–Trinajstić information content (AvgIpc) is 3.56. The van der Waals surface area contributed by atoms with Crippen LogP contribution in [-0.4, -0.2) is 53.1 Å². The predicted molar refractivity (Wildman–Crippen MR) is 201 cm³/mol. The fourth-order valence-electron chi connectivity index (χ4n) is 10.6. The second kappa shape index (κ2) is 16.0. The van der Waals surface area contributed by atoms with Gasteiger partial charge in [0.1, 0.15) is 5.75 Å². The Bertz CT molecular complexity index is 1490. The number of carbonyl (C=O) groups excluding carboxylic acids is 2. The van der Waals surface area contributed by atoms with Gasteiger partial charge in [-0.25, -0.2) is 4.79 Å². The molecule has 3 fully saturated rings. The summed E-state index contributed by atoms with van der Waals surface area (Å²) in [5, 5.41) is 11.0. The molecule has 4 aliphatic rings. The Hall–Kier alpha value is -3.12. The Kier molecular flexibility index (Phi) is 11.8. The molecule has 0 radical (unpaired) electrons. The molecule has 3 aliphatic carbocycles. The number of unbranched alkanes of at least 4 members (excludes halogenated alkanes) is 4. The van der Waals surface area contributed by atoms with Gasteiger partial charge in [0.05, 0.1) is 25.3 Å². The van der Waals surface area contributed by atoms with Crippen LogP contribution in [0.1, 0.15) is 133 Å². The lowest BCUT2D eigenvalue weighted by Gasteiger charge is -2.53. The summed E-state index contributed by atoms with van der Waals surface area (Å²) in [5.41, 5.74) is 4.10. The van der Waals surface area contributed by atoms with Crippen molar-refractivity contribution in [3.8, 4) is 5.75 Å². The van der Waals surface area contributed by atoms with Crippen LogP contribution in [0.4, 0.5) is 4.79 Å². The second-order valence-electron chi connectivity index (χ2n) is 16.3. The van der Waals surface area contributed by atoms with Gasteiger partial charge in [-0.2, -0.15) is 0 Å². The Morgan fingerprint density at radius 3 is 2.58 bits per heavy atom. The normalized spacial score (nSPS) is 31.1. The maximum absolute atomic E-state index is 13.9. The fraction of sp³-hybridized carbons (Fsp3) is 0.636. The van der Waals surface area contributed by atoms with E-state index in [0.717, 1.165) is 94.8 Å². The van der Waals surface area contributed by atoms with Crippen LogP contribution < -0.4 is 4.74 Å². The van der Waals surface area contributed by atoms with Crippen LogP contribution >= 0.6 is 0 Å². The standard InChI is InChI=1S/C44H62N2O4/c1-6-17-32(42(48)46-41(30(2)45(4)43(46)49)31-18-15-12-16-19-31)20-13-10-8-7-9-11-14-21-33-28-34-29-35(50-5)22-23-36(34)37-26-27-44(3)38(40(33)37)24-25-39(44)47/h11-12,14-16,18-19,22-23,29-30,32-33,37-41,47H,6-10,13,17,20-21,24-28H2,1-5H3/t30-,32-,33?,37?,38?,39-,40?,41-,44-/m0/s1. The summed E-state index contributed by atoms with van der Waals surface area (Å²) in [4.78, 5) is 30.5. The molecular weight excluding hydrogens is 620 g/mol. The molecule has 6 rings (SSSR count). The molecule has 1 N–H and O–H groups in total. The number of rotatable bonds is 14. The highest BCUT2D eigenvalue weighted by Gasteiger charge is 2.56. The third-order valence-corrected chi connectivity index (χ3v) is 13.6. The molecule has 2 saturated carbocycles. The van der Waals surface area contributed by atoms with Crippen LogP contribution in [-0.2, 0) is 11.2 Å². The Labute approximate surface area is 301 Å². The molecule has 1 saturated heterocycles. The molecule has 0 bridgehead atoms. The fourth-order valence-corrected chi connectivity index (χ4v) is 10.6. The maximum Gasteiger partial charge on any atom is 0.327 e. The first-order chi connectivity index (χ1) is 24.2. The summed E-state index contributed by atoms with van der Waals surface area (Å²) in [6, 6.07) is 16.3. The smallest absolute Gasteiger partial charge is 0.327 e. The van der Waals surface area contributed by atoms with Crippen LogP contribution in [0.25, 0.3) is 0 Å². The summed E-state index contributed by atoms with van der Waals surface area (Å²) in [6.07, 6.45) is 19.5. The van der Waals surface area contributed by atoms with Crippen molar-refractivity contribution in [1.82, 2.24) is 9.80 Å². The highest BCUT2D eigenvalue weighted by atomic mass is 16.5. The van der Waals surface area contributed by atoms with Gasteiger partial charge in [-0.15, -0.1) is 0 Å². The molecule has 9 atom stereocenters. The molecule has 272 valence electrons. The van der Waals surface area contributed by atoms with Crippen LogP contribution in [0.3, 0.4) is 0 Å². The maximum atomic E-state index is 13.9. The molecule has 2 aromatic rings. The van der Waals surface area contributed by atoms with Gasteiger partial charge in [-0.05, 0) is 129 Å². The van der Waals surface area contributed by atoms with Crippen molar-refractivity contribution in [2.45, 2.75) is 135 Å². The summed E-state index contributed by atoms with van der Waals surface area (Å²) in [7, 11) is 3.58. The zero-order valence-corrected chi connectivity index (χ0v) is 31.4. The summed E-state index contributed by atoms with van der Waals surface area (Å²) >= 11 is 0. The lowest BCUT2D eigenvalue weighted by molar-refractivity contribution is -0.134. The highest BCUT2D eigenvalue weighted by Crippen LogP contribution is 2.62. The number of imide groups is 1. The number of allylic oxidation sites excluding steroid dienone is 2. The van der Waals surface area contributed by atoms with Crippen LogP contribution in [0.2, 0.25) is 0 Å². The largest absolute Gasteiger partial charge is 0.497 e. The van der Waals surface area contributed by atoms with E-state index in [1.54, 1.807) is 16.9 Å². The first-order valence-electron chi connectivity index (χ1n) is 19.8. The summed E-state index contributed by atoms with van der Waals surface area (Å²) in [6.45, 7) is 6.55. The van der Waals surface area contributed by atoms with Crippen molar-refractivity contribution in [1.29, 1.82) is 0 Å². The topological polar surface area (TPSA) is 70.1 Å². The minimum absolute atomic E-state index is 0.00116. The van der Waals surface area contributed by atoms with Gasteiger partial charge in [0.25, 0.3) is 0 Å². The minimum Gasteiger partial charge on any atom is -0.497 e. The second-order valence-corrected chi connectivity index (χ2v) is 16.3. The zero-order chi connectivity index (χ0) is 35.4. The SMILES string of the molecule is CCC[C@@H](CCCCCCC=CCC1Cc2cc(OC)ccc2C2CC[C@@]3(C)C(CC[C@@H]3O)C12)C(=O)N1C(=O)N(C)[C@@H](C)[C@H]1c1ccccc1. The number of methoxy groups -OCH3 is 1. The molecule has 0 aromatic heterocycles.